The molecular formula is C31H49ClO4. The molecule has 4 unspecified atom stereocenters. The van der Waals surface area contributed by atoms with E-state index in [9.17, 15) is 14.7 Å². The van der Waals surface area contributed by atoms with Crippen molar-refractivity contribution < 1.29 is 19.4 Å². The lowest BCUT2D eigenvalue weighted by molar-refractivity contribution is -0.185. The Kier molecular flexibility index (Phi) is 8.67. The number of fused-ring (bicyclic) bond motifs is 5. The molecule has 0 heterocycles. The van der Waals surface area contributed by atoms with Crippen LogP contribution >= 0.6 is 11.6 Å². The second kappa shape index (κ2) is 11.1. The number of aliphatic hydroxyl groups is 1. The first-order valence-corrected chi connectivity index (χ1v) is 15.3. The summed E-state index contributed by atoms with van der Waals surface area (Å²) in [4.78, 5) is 24.5. The van der Waals surface area contributed by atoms with Crippen LogP contribution in [0.25, 0.3) is 0 Å². The summed E-state index contributed by atoms with van der Waals surface area (Å²) in [5.41, 5.74) is 0.420. The zero-order chi connectivity index (χ0) is 26.1. The molecule has 5 heteroatoms. The van der Waals surface area contributed by atoms with Crippen LogP contribution in [0.1, 0.15) is 118 Å². The van der Waals surface area contributed by atoms with E-state index in [1.165, 1.54) is 39.0 Å². The number of hydrogen-bond acceptors (Lipinski definition) is 4. The number of unbranched alkanes of at least 4 members (excludes halogenated alkanes) is 6. The molecule has 3 fully saturated rings. The Labute approximate surface area is 224 Å². The first-order valence-electron chi connectivity index (χ1n) is 14.8. The van der Waals surface area contributed by atoms with Crippen LogP contribution in [0.3, 0.4) is 0 Å². The summed E-state index contributed by atoms with van der Waals surface area (Å²) in [5, 5.41) is 11.8. The number of carbonyl (C=O) groups excluding carboxylic acids is 2. The van der Waals surface area contributed by atoms with Crippen molar-refractivity contribution in [3.63, 3.8) is 0 Å². The highest BCUT2D eigenvalue weighted by molar-refractivity contribution is 6.17. The highest BCUT2D eigenvalue weighted by atomic mass is 35.5. The maximum absolute atomic E-state index is 12.5. The zero-order valence-electron chi connectivity index (χ0n) is 23.1. The normalized spacial score (nSPS) is 41.8. The summed E-state index contributed by atoms with van der Waals surface area (Å²) in [5.74, 6) is 2.27. The molecule has 4 rings (SSSR count). The number of carbonyl (C=O) groups is 2. The Morgan fingerprint density at radius 1 is 1.00 bits per heavy atom. The highest BCUT2D eigenvalue weighted by Gasteiger charge is 2.67. The molecule has 0 aliphatic heterocycles. The predicted octanol–water partition coefficient (Wildman–Crippen LogP) is 7.40. The van der Waals surface area contributed by atoms with Crippen molar-refractivity contribution in [1.82, 2.24) is 0 Å². The van der Waals surface area contributed by atoms with E-state index in [1.807, 2.05) is 6.08 Å². The summed E-state index contributed by atoms with van der Waals surface area (Å²) in [6.45, 7) is 8.37. The lowest BCUT2D eigenvalue weighted by Gasteiger charge is -2.62. The van der Waals surface area contributed by atoms with E-state index < -0.39 is 11.7 Å². The minimum absolute atomic E-state index is 0.0672. The van der Waals surface area contributed by atoms with Crippen LogP contribution in [0, 0.1) is 34.5 Å². The molecule has 204 valence electrons. The van der Waals surface area contributed by atoms with Crippen LogP contribution in [-0.4, -0.2) is 34.4 Å². The van der Waals surface area contributed by atoms with Gasteiger partial charge in [-0.3, -0.25) is 9.59 Å². The van der Waals surface area contributed by atoms with Gasteiger partial charge in [-0.05, 0) is 92.6 Å². The van der Waals surface area contributed by atoms with Crippen molar-refractivity contribution in [3.8, 4) is 0 Å². The first-order chi connectivity index (χ1) is 17.1. The van der Waals surface area contributed by atoms with Crippen molar-refractivity contribution in [2.45, 2.75) is 129 Å². The Hall–Kier alpha value is -0.870. The van der Waals surface area contributed by atoms with E-state index in [0.29, 0.717) is 24.2 Å². The lowest BCUT2D eigenvalue weighted by Crippen LogP contribution is -2.60. The monoisotopic (exact) mass is 520 g/mol. The van der Waals surface area contributed by atoms with E-state index in [2.05, 4.69) is 20.8 Å². The van der Waals surface area contributed by atoms with Crippen molar-refractivity contribution >= 4 is 23.4 Å². The van der Waals surface area contributed by atoms with Gasteiger partial charge in [0.05, 0.1) is 6.10 Å². The molecule has 0 aromatic carbocycles. The standard InChI is InChI=1S/C31H49ClO4/c1-21(33)36-31(4)18-15-25-27-23(12-10-8-6-5-7-9-11-19-32)28(35)26-20-22(34)13-16-29(26,2)24(27)14-17-30(25,31)3/h20,23-25,27-28,35H,5-19H2,1-4H3/t23?,24?,25?,27?,28-,29-,30+,31+/m1/s1. The van der Waals surface area contributed by atoms with Crippen molar-refractivity contribution in [2.24, 2.45) is 34.5 Å². The average Bonchev–Trinajstić information content (AvgIpc) is 3.08. The fourth-order valence-corrected chi connectivity index (χ4v) is 9.35. The SMILES string of the molecule is CC(=O)O[C@@]1(C)CCC2C3C(CCCCCCCCCCl)[C@@H](O)C4=CC(=O)CC[C@]4(C)C3CC[C@@]21C. The number of esters is 1. The second-order valence-corrected chi connectivity index (χ2v) is 13.5. The average molecular weight is 521 g/mol. The fourth-order valence-electron chi connectivity index (χ4n) is 9.16. The van der Waals surface area contributed by atoms with Gasteiger partial charge >= 0.3 is 5.97 Å². The number of ether oxygens (including phenoxy) is 1. The molecule has 0 bridgehead atoms. The van der Waals surface area contributed by atoms with Gasteiger partial charge in [0.1, 0.15) is 5.60 Å². The summed E-state index contributed by atoms with van der Waals surface area (Å²) in [7, 11) is 0. The number of ketones is 1. The van der Waals surface area contributed by atoms with Gasteiger partial charge in [-0.2, -0.15) is 0 Å². The smallest absolute Gasteiger partial charge is 0.303 e. The number of aliphatic hydroxyl groups excluding tert-OH is 1. The zero-order valence-corrected chi connectivity index (χ0v) is 23.9. The molecule has 1 N–H and O–H groups in total. The molecule has 0 aromatic heterocycles. The van der Waals surface area contributed by atoms with E-state index in [-0.39, 0.29) is 28.5 Å². The van der Waals surface area contributed by atoms with E-state index in [4.69, 9.17) is 16.3 Å². The Balaban J connectivity index is 1.56. The summed E-state index contributed by atoms with van der Waals surface area (Å²) in [6, 6.07) is 0. The van der Waals surface area contributed by atoms with Gasteiger partial charge in [-0.1, -0.05) is 52.4 Å². The molecule has 0 spiro atoms. The Morgan fingerprint density at radius 3 is 2.31 bits per heavy atom. The van der Waals surface area contributed by atoms with E-state index in [0.717, 1.165) is 62.8 Å². The molecule has 8 atom stereocenters. The third kappa shape index (κ3) is 4.95. The van der Waals surface area contributed by atoms with Crippen LogP contribution in [0.5, 0.6) is 0 Å². The van der Waals surface area contributed by atoms with Crippen molar-refractivity contribution in [3.05, 3.63) is 11.6 Å². The second-order valence-electron chi connectivity index (χ2n) is 13.2. The minimum Gasteiger partial charge on any atom is -0.459 e. The van der Waals surface area contributed by atoms with Crippen LogP contribution < -0.4 is 0 Å². The van der Waals surface area contributed by atoms with Gasteiger partial charge < -0.3 is 9.84 Å². The first kappa shape index (κ1) is 28.1. The Bertz CT molecular complexity index is 854. The molecule has 36 heavy (non-hydrogen) atoms. The van der Waals surface area contributed by atoms with Crippen LogP contribution in [0.15, 0.2) is 11.6 Å². The molecule has 4 aliphatic rings. The van der Waals surface area contributed by atoms with Gasteiger partial charge in [0, 0.05) is 24.6 Å². The predicted molar refractivity (Wildman–Crippen MR) is 145 cm³/mol. The van der Waals surface area contributed by atoms with Gasteiger partial charge in [0.2, 0.25) is 0 Å². The van der Waals surface area contributed by atoms with Gasteiger partial charge in [0.25, 0.3) is 0 Å². The maximum atomic E-state index is 12.5. The number of hydrogen-bond donors (Lipinski definition) is 1. The number of rotatable bonds is 10. The molecule has 4 nitrogen and oxygen atoms in total. The summed E-state index contributed by atoms with van der Waals surface area (Å²) >= 11 is 5.80. The van der Waals surface area contributed by atoms with Gasteiger partial charge in [-0.25, -0.2) is 0 Å². The van der Waals surface area contributed by atoms with E-state index >= 15 is 0 Å². The number of halogens is 1. The highest BCUT2D eigenvalue weighted by Crippen LogP contribution is 2.69. The molecule has 3 saturated carbocycles. The minimum atomic E-state index is -0.535. The molecule has 0 radical (unpaired) electrons. The molecule has 4 aliphatic carbocycles. The molecule has 0 amide bonds. The van der Waals surface area contributed by atoms with Gasteiger partial charge in [-0.15, -0.1) is 11.6 Å². The lowest BCUT2D eigenvalue weighted by atomic mass is 9.43. The summed E-state index contributed by atoms with van der Waals surface area (Å²) < 4.78 is 6.05. The number of alkyl halides is 1. The topological polar surface area (TPSA) is 63.6 Å². The van der Waals surface area contributed by atoms with Crippen molar-refractivity contribution in [2.75, 3.05) is 5.88 Å². The van der Waals surface area contributed by atoms with Crippen LogP contribution in [0.4, 0.5) is 0 Å². The third-order valence-corrected chi connectivity index (χ3v) is 11.6. The maximum Gasteiger partial charge on any atom is 0.303 e. The molecular weight excluding hydrogens is 472 g/mol. The van der Waals surface area contributed by atoms with Crippen LogP contribution in [0.2, 0.25) is 0 Å². The molecule has 0 aromatic rings. The third-order valence-electron chi connectivity index (χ3n) is 11.3. The largest absolute Gasteiger partial charge is 0.459 e. The summed E-state index contributed by atoms with van der Waals surface area (Å²) in [6.07, 6.45) is 16.2. The van der Waals surface area contributed by atoms with Crippen LogP contribution in [-0.2, 0) is 14.3 Å². The molecule has 0 saturated heterocycles. The van der Waals surface area contributed by atoms with Gasteiger partial charge in [0.15, 0.2) is 5.78 Å². The quantitative estimate of drug-likeness (QED) is 0.185. The Morgan fingerprint density at radius 2 is 1.64 bits per heavy atom. The van der Waals surface area contributed by atoms with Crippen molar-refractivity contribution in [1.29, 1.82) is 0 Å². The fraction of sp³-hybridized carbons (Fsp3) is 0.871. The van der Waals surface area contributed by atoms with E-state index in [1.54, 1.807) is 0 Å².